The summed E-state index contributed by atoms with van der Waals surface area (Å²) in [5.74, 6) is 0.401. The van der Waals surface area contributed by atoms with Crippen molar-refractivity contribution in [2.75, 3.05) is 13.7 Å². The van der Waals surface area contributed by atoms with Gasteiger partial charge < -0.3 is 19.9 Å². The molecule has 0 heterocycles. The van der Waals surface area contributed by atoms with Gasteiger partial charge in [0.25, 0.3) is 0 Å². The molecule has 0 aliphatic rings. The fourth-order valence-electron chi connectivity index (χ4n) is 1.62. The molecule has 1 atom stereocenters. The van der Waals surface area contributed by atoms with E-state index in [9.17, 15) is 4.79 Å². The first-order chi connectivity index (χ1) is 9.49. The second-order valence-electron chi connectivity index (χ2n) is 4.39. The highest BCUT2D eigenvalue weighted by Gasteiger charge is 2.15. The minimum Gasteiger partial charge on any atom is -0.493 e. The first-order valence-electron chi connectivity index (χ1n) is 6.45. The zero-order chi connectivity index (χ0) is 15.1. The first kappa shape index (κ1) is 16.8. The van der Waals surface area contributed by atoms with E-state index in [1.165, 1.54) is 0 Å². The molecular weight excluding hydrogens is 326 g/mol. The maximum Gasteiger partial charge on any atom is 0.320 e. The average molecular weight is 346 g/mol. The van der Waals surface area contributed by atoms with Crippen LogP contribution in [0, 0.1) is 0 Å². The van der Waals surface area contributed by atoms with E-state index in [0.717, 1.165) is 16.5 Å². The Morgan fingerprint density at radius 3 is 2.75 bits per heavy atom. The monoisotopic (exact) mass is 345 g/mol. The van der Waals surface area contributed by atoms with Gasteiger partial charge in [0.1, 0.15) is 6.04 Å². The van der Waals surface area contributed by atoms with Gasteiger partial charge in [0.05, 0.1) is 13.7 Å². The molecule has 1 aromatic carbocycles. The van der Waals surface area contributed by atoms with E-state index in [2.05, 4.69) is 21.2 Å². The number of aliphatic carboxylic acids is 1. The van der Waals surface area contributed by atoms with E-state index >= 15 is 0 Å². The van der Waals surface area contributed by atoms with Gasteiger partial charge in [-0.05, 0) is 25.5 Å². The van der Waals surface area contributed by atoms with Gasteiger partial charge in [0.15, 0.2) is 11.5 Å². The van der Waals surface area contributed by atoms with Gasteiger partial charge in [0.2, 0.25) is 0 Å². The zero-order valence-electron chi connectivity index (χ0n) is 11.9. The molecule has 5 nitrogen and oxygen atoms in total. The van der Waals surface area contributed by atoms with Crippen molar-refractivity contribution in [3.8, 4) is 11.5 Å². The van der Waals surface area contributed by atoms with Crippen LogP contribution in [0.2, 0.25) is 0 Å². The van der Waals surface area contributed by atoms with Gasteiger partial charge >= 0.3 is 5.97 Å². The van der Waals surface area contributed by atoms with Gasteiger partial charge in [-0.1, -0.05) is 22.9 Å². The molecule has 0 aliphatic carbocycles. The fraction of sp³-hybridized carbons (Fsp3) is 0.500. The van der Waals surface area contributed by atoms with Crippen LogP contribution in [0.4, 0.5) is 0 Å². The molecule has 1 rings (SSSR count). The molecule has 112 valence electrons. The predicted octanol–water partition coefficient (Wildman–Crippen LogP) is 2.81. The lowest BCUT2D eigenvalue weighted by atomic mass is 10.1. The van der Waals surface area contributed by atoms with E-state index in [1.54, 1.807) is 14.0 Å². The van der Waals surface area contributed by atoms with Crippen molar-refractivity contribution in [2.24, 2.45) is 0 Å². The van der Waals surface area contributed by atoms with E-state index in [-0.39, 0.29) is 0 Å². The summed E-state index contributed by atoms with van der Waals surface area (Å²) in [4.78, 5) is 10.8. The van der Waals surface area contributed by atoms with E-state index in [4.69, 9.17) is 14.6 Å². The molecule has 0 bridgehead atoms. The molecule has 0 aliphatic heterocycles. The highest BCUT2D eigenvalue weighted by Crippen LogP contribution is 2.35. The lowest BCUT2D eigenvalue weighted by Crippen LogP contribution is -2.33. The second kappa shape index (κ2) is 8.11. The normalized spacial score (nSPS) is 12.0. The summed E-state index contributed by atoms with van der Waals surface area (Å²) in [5.41, 5.74) is 0.859. The number of carboxylic acids is 1. The molecule has 0 aromatic heterocycles. The van der Waals surface area contributed by atoms with Crippen LogP contribution in [0.5, 0.6) is 11.5 Å². The topological polar surface area (TPSA) is 67.8 Å². The summed E-state index contributed by atoms with van der Waals surface area (Å²) >= 11 is 3.41. The highest BCUT2D eigenvalue weighted by atomic mass is 79.9. The minimum atomic E-state index is -0.886. The van der Waals surface area contributed by atoms with Crippen molar-refractivity contribution in [3.63, 3.8) is 0 Å². The van der Waals surface area contributed by atoms with Gasteiger partial charge in [-0.2, -0.15) is 0 Å². The number of benzene rings is 1. The first-order valence-corrected chi connectivity index (χ1v) is 7.24. The third kappa shape index (κ3) is 4.68. The summed E-state index contributed by atoms with van der Waals surface area (Å²) in [6.45, 7) is 4.60. The molecule has 6 heteroatoms. The average Bonchev–Trinajstić information content (AvgIpc) is 2.42. The van der Waals surface area contributed by atoms with Crippen molar-refractivity contribution < 1.29 is 19.4 Å². The van der Waals surface area contributed by atoms with Crippen molar-refractivity contribution in [2.45, 2.75) is 32.9 Å². The van der Waals surface area contributed by atoms with Crippen molar-refractivity contribution >= 4 is 21.9 Å². The number of carbonyl (C=O) groups is 1. The molecule has 0 fully saturated rings. The van der Waals surface area contributed by atoms with Crippen LogP contribution in [0.1, 0.15) is 25.8 Å². The Kier molecular flexibility index (Phi) is 6.81. The van der Waals surface area contributed by atoms with Gasteiger partial charge in [-0.3, -0.25) is 4.79 Å². The van der Waals surface area contributed by atoms with Crippen molar-refractivity contribution in [3.05, 3.63) is 22.2 Å². The number of methoxy groups -OCH3 is 1. The Hall–Kier alpha value is -1.27. The van der Waals surface area contributed by atoms with Gasteiger partial charge in [0, 0.05) is 16.6 Å². The van der Waals surface area contributed by atoms with Crippen LogP contribution in [-0.2, 0) is 11.3 Å². The fourth-order valence-corrected chi connectivity index (χ4v) is 2.11. The molecule has 1 unspecified atom stereocenters. The smallest absolute Gasteiger partial charge is 0.320 e. The third-order valence-electron chi connectivity index (χ3n) is 2.74. The number of nitrogens with one attached hydrogen (secondary N) is 1. The molecule has 0 spiro atoms. The molecular formula is C14H20BrNO4. The van der Waals surface area contributed by atoms with Crippen LogP contribution >= 0.6 is 15.9 Å². The summed E-state index contributed by atoms with van der Waals surface area (Å²) < 4.78 is 11.9. The summed E-state index contributed by atoms with van der Waals surface area (Å²) in [7, 11) is 1.58. The van der Waals surface area contributed by atoms with Gasteiger partial charge in [-0.25, -0.2) is 0 Å². The van der Waals surface area contributed by atoms with Crippen molar-refractivity contribution in [1.29, 1.82) is 0 Å². The third-order valence-corrected chi connectivity index (χ3v) is 3.19. The maximum absolute atomic E-state index is 10.8. The number of hydrogen-bond donors (Lipinski definition) is 2. The summed E-state index contributed by atoms with van der Waals surface area (Å²) in [5, 5.41) is 11.8. The Morgan fingerprint density at radius 1 is 1.50 bits per heavy atom. The number of hydrogen-bond acceptors (Lipinski definition) is 4. The molecule has 1 aromatic rings. The second-order valence-corrected chi connectivity index (χ2v) is 5.30. The van der Waals surface area contributed by atoms with Crippen molar-refractivity contribution in [1.82, 2.24) is 5.32 Å². The summed E-state index contributed by atoms with van der Waals surface area (Å²) in [6.07, 6.45) is 0.887. The van der Waals surface area contributed by atoms with Gasteiger partial charge in [-0.15, -0.1) is 0 Å². The number of halogens is 1. The largest absolute Gasteiger partial charge is 0.493 e. The van der Waals surface area contributed by atoms with E-state index < -0.39 is 12.0 Å². The SMILES string of the molecule is CCCOc1c(CNC(C)C(=O)O)cc(Br)cc1OC. The standard InChI is InChI=1S/C14H20BrNO4/c1-4-5-20-13-10(8-16-9(2)14(17)18)6-11(15)7-12(13)19-3/h6-7,9,16H,4-5,8H2,1-3H3,(H,17,18). The quantitative estimate of drug-likeness (QED) is 0.758. The number of carboxylic acid groups (broad SMARTS) is 1. The van der Waals surface area contributed by atoms with Crippen LogP contribution < -0.4 is 14.8 Å². The Bertz CT molecular complexity index is 465. The molecule has 0 amide bonds. The molecule has 20 heavy (non-hydrogen) atoms. The minimum absolute atomic E-state index is 0.391. The number of ether oxygens (including phenoxy) is 2. The Labute approximate surface area is 127 Å². The summed E-state index contributed by atoms with van der Waals surface area (Å²) in [6, 6.07) is 3.10. The number of rotatable bonds is 8. The predicted molar refractivity (Wildman–Crippen MR) is 80.4 cm³/mol. The molecule has 2 N–H and O–H groups in total. The molecule has 0 radical (unpaired) electrons. The van der Waals surface area contributed by atoms with Crippen LogP contribution in [0.25, 0.3) is 0 Å². The lowest BCUT2D eigenvalue weighted by Gasteiger charge is -2.17. The van der Waals surface area contributed by atoms with Crippen LogP contribution in [0.3, 0.4) is 0 Å². The zero-order valence-corrected chi connectivity index (χ0v) is 13.5. The molecule has 0 saturated carbocycles. The Balaban J connectivity index is 2.96. The van der Waals surface area contributed by atoms with Crippen LogP contribution in [-0.4, -0.2) is 30.8 Å². The highest BCUT2D eigenvalue weighted by molar-refractivity contribution is 9.10. The van der Waals surface area contributed by atoms with Crippen LogP contribution in [0.15, 0.2) is 16.6 Å². The molecule has 0 saturated heterocycles. The maximum atomic E-state index is 10.8. The van der Waals surface area contributed by atoms with E-state index in [0.29, 0.717) is 24.7 Å². The Morgan fingerprint density at radius 2 is 2.20 bits per heavy atom. The van der Waals surface area contributed by atoms with E-state index in [1.807, 2.05) is 19.1 Å². The lowest BCUT2D eigenvalue weighted by molar-refractivity contribution is -0.139.